The molecular formula is H9B3N2Ni3. The van der Waals surface area contributed by atoms with E-state index in [0.717, 1.165) is 0 Å². The van der Waals surface area contributed by atoms with Crippen LogP contribution in [0.5, 0.6) is 0 Å². The first-order valence-corrected chi connectivity index (χ1v) is 0. The van der Waals surface area contributed by atoms with E-state index in [-0.39, 0.29) is 87.0 Å². The van der Waals surface area contributed by atoms with Crippen LogP contribution in [0.25, 0.3) is 12.3 Å². The molecule has 0 aliphatic rings. The molecule has 58 valence electrons. The monoisotopic (exact) mass is 244 g/mol. The minimum Gasteiger partial charge on any atom is -3.00 e. The molecule has 0 amide bonds. The zero-order valence-corrected chi connectivity index (χ0v) is 4.81. The van der Waals surface area contributed by atoms with Crippen LogP contribution >= 0.6 is 0 Å². The van der Waals surface area contributed by atoms with E-state index in [4.69, 9.17) is 0 Å². The van der Waals surface area contributed by atoms with Crippen molar-refractivity contribution >= 4 is 25.2 Å². The Morgan fingerprint density at radius 3 is 0.375 bits per heavy atom. The van der Waals surface area contributed by atoms with Gasteiger partial charge in [-0.2, -0.15) is 0 Å². The second-order valence-electron chi connectivity index (χ2n) is 0. The summed E-state index contributed by atoms with van der Waals surface area (Å²) in [4.78, 5) is 0. The fourth-order valence-corrected chi connectivity index (χ4v) is 0. The largest absolute Gasteiger partial charge is 3.00 e. The van der Waals surface area contributed by atoms with Crippen LogP contribution in [0.1, 0.15) is 0 Å². The fraction of sp³-hybridized carbons (Fsp3) is 0. The van der Waals surface area contributed by atoms with Gasteiger partial charge in [-0.3, -0.25) is 0 Å². The van der Waals surface area contributed by atoms with Crippen molar-refractivity contribution in [1.29, 1.82) is 0 Å². The predicted molar refractivity (Wildman–Crippen MR) is 36.5 cm³/mol. The Morgan fingerprint density at radius 2 is 0.375 bits per heavy atom. The summed E-state index contributed by atoms with van der Waals surface area (Å²) in [5.74, 6) is 0. The maximum Gasteiger partial charge on any atom is 2.00 e. The number of rotatable bonds is 0. The minimum atomic E-state index is 0. The van der Waals surface area contributed by atoms with Crippen LogP contribution in [0, 0.1) is 0 Å². The first kappa shape index (κ1) is 279. The molecule has 0 aromatic heterocycles. The van der Waals surface area contributed by atoms with Crippen LogP contribution in [-0.2, 0) is 49.5 Å². The van der Waals surface area contributed by atoms with Gasteiger partial charge in [-0.15, -0.1) is 0 Å². The summed E-state index contributed by atoms with van der Waals surface area (Å²) in [6.07, 6.45) is 0. The Hall–Kier alpha value is 1.60. The molecule has 0 saturated heterocycles. The Balaban J connectivity index is 0. The topological polar surface area (TPSA) is 61.0 Å². The Kier molecular flexibility index (Phi) is 6780. The molecule has 0 N–H and O–H groups in total. The van der Waals surface area contributed by atoms with Gasteiger partial charge in [0.2, 0.25) is 0 Å². The first-order chi connectivity index (χ1) is 0. The second kappa shape index (κ2) is 195. The van der Waals surface area contributed by atoms with Crippen molar-refractivity contribution in [2.45, 2.75) is 0 Å². The molecule has 0 radical (unpaired) electrons. The number of nitrogens with zero attached hydrogens (tertiary/aromatic N) is 2. The number of hydrogen-bond acceptors (Lipinski definition) is 0. The van der Waals surface area contributed by atoms with E-state index in [1.165, 1.54) is 0 Å². The maximum atomic E-state index is 0. The van der Waals surface area contributed by atoms with E-state index in [1.807, 2.05) is 0 Å². The second-order valence-corrected chi connectivity index (χ2v) is 0. The van der Waals surface area contributed by atoms with Crippen molar-refractivity contribution in [3.63, 3.8) is 0 Å². The zero-order chi connectivity index (χ0) is 0. The first-order valence-electron chi connectivity index (χ1n) is 0. The normalized spacial score (nSPS) is 0. The standard InChI is InChI=1S/3BH3.2N.3Ni/h3*1H3;;;;;/q;;;2*-3;3*+2. The molecule has 0 heterocycles. The van der Waals surface area contributed by atoms with Gasteiger partial charge >= 0.3 is 49.5 Å². The van der Waals surface area contributed by atoms with Crippen LogP contribution in [0.2, 0.25) is 0 Å². The summed E-state index contributed by atoms with van der Waals surface area (Å²) in [7, 11) is 0. The van der Waals surface area contributed by atoms with Crippen molar-refractivity contribution in [2.75, 3.05) is 0 Å². The van der Waals surface area contributed by atoms with Gasteiger partial charge in [0.15, 0.2) is 0 Å². The molecule has 8 heteroatoms. The third-order valence-corrected chi connectivity index (χ3v) is 0. The van der Waals surface area contributed by atoms with Crippen LogP contribution in [0.15, 0.2) is 0 Å². The van der Waals surface area contributed by atoms with Crippen molar-refractivity contribution in [1.82, 2.24) is 0 Å². The van der Waals surface area contributed by atoms with Gasteiger partial charge in [-0.1, -0.05) is 0 Å². The van der Waals surface area contributed by atoms with Gasteiger partial charge in [0, 0.05) is 0 Å². The smallest absolute Gasteiger partial charge is 2.00 e. The average molecular weight is 246 g/mol. The molecule has 0 aromatic rings. The molecule has 0 atom stereocenters. The van der Waals surface area contributed by atoms with Crippen LogP contribution in [-0.4, -0.2) is 25.2 Å². The van der Waals surface area contributed by atoms with E-state index < -0.39 is 0 Å². The van der Waals surface area contributed by atoms with Gasteiger partial charge in [0.05, 0.1) is 25.2 Å². The third kappa shape index (κ3) is 130. The molecule has 0 bridgehead atoms. The summed E-state index contributed by atoms with van der Waals surface area (Å²) in [6.45, 7) is 0. The van der Waals surface area contributed by atoms with Gasteiger partial charge in [0.1, 0.15) is 0 Å². The molecule has 2 nitrogen and oxygen atoms in total. The van der Waals surface area contributed by atoms with E-state index in [2.05, 4.69) is 0 Å². The Labute approximate surface area is 86.7 Å². The zero-order valence-electron chi connectivity index (χ0n) is 1.84. The molecule has 0 aliphatic heterocycles. The summed E-state index contributed by atoms with van der Waals surface area (Å²) in [5, 5.41) is 0. The molecule has 0 unspecified atom stereocenters. The molecule has 8 heavy (non-hydrogen) atoms. The van der Waals surface area contributed by atoms with Crippen LogP contribution in [0.4, 0.5) is 0 Å². The fourth-order valence-electron chi connectivity index (χ4n) is 0. The molecule has 0 spiro atoms. The minimum absolute atomic E-state index is 0. The maximum absolute atomic E-state index is 0. The van der Waals surface area contributed by atoms with Crippen molar-refractivity contribution in [2.24, 2.45) is 0 Å². The van der Waals surface area contributed by atoms with E-state index in [9.17, 15) is 0 Å². The van der Waals surface area contributed by atoms with E-state index in [0.29, 0.717) is 0 Å². The van der Waals surface area contributed by atoms with Gasteiger partial charge < -0.3 is 12.3 Å². The molecule has 0 rings (SSSR count). The van der Waals surface area contributed by atoms with E-state index >= 15 is 0 Å². The number of hydrogen-bond donors (Lipinski definition) is 0. The predicted octanol–water partition coefficient (Wildman–Crippen LogP) is -2.98. The molecule has 0 fully saturated rings. The summed E-state index contributed by atoms with van der Waals surface area (Å²) in [6, 6.07) is 0. The third-order valence-electron chi connectivity index (χ3n) is 0. The van der Waals surface area contributed by atoms with Gasteiger partial charge in [-0.25, -0.2) is 0 Å². The molecular weight excluding hydrogens is 237 g/mol. The summed E-state index contributed by atoms with van der Waals surface area (Å²) < 4.78 is 0. The van der Waals surface area contributed by atoms with Crippen molar-refractivity contribution in [3.05, 3.63) is 12.3 Å². The van der Waals surface area contributed by atoms with Crippen LogP contribution in [0.3, 0.4) is 0 Å². The van der Waals surface area contributed by atoms with Gasteiger partial charge in [-0.05, 0) is 0 Å². The SMILES string of the molecule is B.B.B.[N-3].[N-3].[Ni+2].[Ni+2].[Ni+2]. The van der Waals surface area contributed by atoms with E-state index in [1.54, 1.807) is 0 Å². The van der Waals surface area contributed by atoms with Crippen molar-refractivity contribution < 1.29 is 49.5 Å². The molecule has 0 saturated carbocycles. The summed E-state index contributed by atoms with van der Waals surface area (Å²) >= 11 is 0. The van der Waals surface area contributed by atoms with Crippen molar-refractivity contribution in [3.8, 4) is 0 Å². The van der Waals surface area contributed by atoms with Crippen LogP contribution < -0.4 is 0 Å². The molecule has 0 aromatic carbocycles. The summed E-state index contributed by atoms with van der Waals surface area (Å²) in [5.41, 5.74) is 0. The Morgan fingerprint density at radius 1 is 0.375 bits per heavy atom. The van der Waals surface area contributed by atoms with Gasteiger partial charge in [0.25, 0.3) is 0 Å². The quantitative estimate of drug-likeness (QED) is 0.409. The average Bonchev–Trinajstić information content (AvgIpc) is 0. The molecule has 0 aliphatic carbocycles. The Bertz CT molecular complexity index is 12.5.